The van der Waals surface area contributed by atoms with Crippen molar-refractivity contribution in [1.29, 1.82) is 0 Å². The van der Waals surface area contributed by atoms with Crippen LogP contribution < -0.4 is 0 Å². The van der Waals surface area contributed by atoms with Crippen molar-refractivity contribution >= 4 is 26.7 Å². The van der Waals surface area contributed by atoms with Gasteiger partial charge in [0.1, 0.15) is 5.58 Å². The predicted molar refractivity (Wildman–Crippen MR) is 105 cm³/mol. The van der Waals surface area contributed by atoms with Crippen molar-refractivity contribution in [2.45, 2.75) is 33.2 Å². The predicted octanol–water partition coefficient (Wildman–Crippen LogP) is 2.30. The molecule has 0 radical (unpaired) electrons. The molecule has 0 bridgehead atoms. The number of carbonyl (C=O) groups is 1. The SMILES string of the molecule is Cc1ccc2c(C)c(C(=O)N3CCN([C@@H]4CCS(=O)(=O)C4)CC3)oc2c1C. The van der Waals surface area contributed by atoms with Gasteiger partial charge in [0, 0.05) is 43.2 Å². The highest BCUT2D eigenvalue weighted by Crippen LogP contribution is 2.30. The molecule has 2 aliphatic heterocycles. The van der Waals surface area contributed by atoms with Crippen LogP contribution >= 0.6 is 0 Å². The van der Waals surface area contributed by atoms with Crippen molar-refractivity contribution in [3.8, 4) is 0 Å². The lowest BCUT2D eigenvalue weighted by molar-refractivity contribution is 0.0560. The van der Waals surface area contributed by atoms with Gasteiger partial charge < -0.3 is 9.32 Å². The number of sulfone groups is 1. The van der Waals surface area contributed by atoms with E-state index in [1.165, 1.54) is 0 Å². The van der Waals surface area contributed by atoms with Crippen molar-refractivity contribution in [3.05, 3.63) is 34.6 Å². The van der Waals surface area contributed by atoms with E-state index in [4.69, 9.17) is 4.42 Å². The summed E-state index contributed by atoms with van der Waals surface area (Å²) >= 11 is 0. The minimum Gasteiger partial charge on any atom is -0.450 e. The van der Waals surface area contributed by atoms with Crippen molar-refractivity contribution in [3.63, 3.8) is 0 Å². The molecular formula is C20H26N2O4S. The van der Waals surface area contributed by atoms with Crippen molar-refractivity contribution < 1.29 is 17.6 Å². The molecule has 2 saturated heterocycles. The summed E-state index contributed by atoms with van der Waals surface area (Å²) < 4.78 is 29.4. The van der Waals surface area contributed by atoms with Gasteiger partial charge >= 0.3 is 0 Å². The molecule has 27 heavy (non-hydrogen) atoms. The van der Waals surface area contributed by atoms with Crippen LogP contribution in [0.1, 0.15) is 33.7 Å². The molecule has 1 amide bonds. The summed E-state index contributed by atoms with van der Waals surface area (Å²) in [6.45, 7) is 8.62. The summed E-state index contributed by atoms with van der Waals surface area (Å²) in [5, 5.41) is 0.997. The monoisotopic (exact) mass is 390 g/mol. The Labute approximate surface area is 160 Å². The molecule has 6 nitrogen and oxygen atoms in total. The third-order valence-electron chi connectivity index (χ3n) is 6.15. The minimum atomic E-state index is -2.88. The third kappa shape index (κ3) is 3.27. The average molecular weight is 391 g/mol. The van der Waals surface area contributed by atoms with Gasteiger partial charge in [-0.1, -0.05) is 12.1 Å². The van der Waals surface area contributed by atoms with Gasteiger partial charge in [0.25, 0.3) is 5.91 Å². The summed E-state index contributed by atoms with van der Waals surface area (Å²) in [6.07, 6.45) is 0.706. The summed E-state index contributed by atoms with van der Waals surface area (Å²) in [6, 6.07) is 4.18. The first-order chi connectivity index (χ1) is 12.8. The number of aryl methyl sites for hydroxylation is 3. The molecule has 1 aromatic heterocycles. The van der Waals surface area contributed by atoms with E-state index in [0.717, 1.165) is 27.7 Å². The summed E-state index contributed by atoms with van der Waals surface area (Å²) in [4.78, 5) is 17.1. The molecule has 0 aliphatic carbocycles. The number of carbonyl (C=O) groups excluding carboxylic acids is 1. The highest BCUT2D eigenvalue weighted by atomic mass is 32.2. The first-order valence-corrected chi connectivity index (χ1v) is 11.3. The van der Waals surface area contributed by atoms with Crippen LogP contribution in [0.2, 0.25) is 0 Å². The smallest absolute Gasteiger partial charge is 0.289 e. The van der Waals surface area contributed by atoms with Gasteiger partial charge in [-0.3, -0.25) is 9.69 Å². The van der Waals surface area contributed by atoms with Crippen LogP contribution in [0.3, 0.4) is 0 Å². The Morgan fingerprint density at radius 3 is 2.41 bits per heavy atom. The Bertz CT molecular complexity index is 1000. The number of piperazine rings is 1. The van der Waals surface area contributed by atoms with Gasteiger partial charge in [-0.2, -0.15) is 0 Å². The van der Waals surface area contributed by atoms with Gasteiger partial charge in [0.15, 0.2) is 15.6 Å². The highest BCUT2D eigenvalue weighted by molar-refractivity contribution is 7.91. The molecule has 7 heteroatoms. The summed E-state index contributed by atoms with van der Waals surface area (Å²) in [7, 11) is -2.88. The molecule has 146 valence electrons. The zero-order valence-electron chi connectivity index (χ0n) is 16.1. The van der Waals surface area contributed by atoms with Gasteiger partial charge in [-0.05, 0) is 38.3 Å². The Morgan fingerprint density at radius 2 is 1.78 bits per heavy atom. The van der Waals surface area contributed by atoms with Crippen molar-refractivity contribution in [2.24, 2.45) is 0 Å². The molecule has 2 fully saturated rings. The topological polar surface area (TPSA) is 70.8 Å². The Kier molecular flexibility index (Phi) is 4.55. The highest BCUT2D eigenvalue weighted by Gasteiger charge is 2.35. The second-order valence-electron chi connectivity index (χ2n) is 7.83. The van der Waals surface area contributed by atoms with E-state index in [2.05, 4.69) is 11.0 Å². The van der Waals surface area contributed by atoms with Gasteiger partial charge in [0.05, 0.1) is 11.5 Å². The van der Waals surface area contributed by atoms with Crippen LogP contribution in [0.15, 0.2) is 16.5 Å². The fourth-order valence-corrected chi connectivity index (χ4v) is 5.98. The fourth-order valence-electron chi connectivity index (χ4n) is 4.22. The van der Waals surface area contributed by atoms with E-state index in [1.54, 1.807) is 0 Å². The molecule has 2 aromatic rings. The maximum Gasteiger partial charge on any atom is 0.289 e. The van der Waals surface area contributed by atoms with Crippen LogP contribution in [-0.4, -0.2) is 67.9 Å². The van der Waals surface area contributed by atoms with E-state index < -0.39 is 9.84 Å². The molecule has 3 heterocycles. The normalized spacial score (nSPS) is 23.2. The summed E-state index contributed by atoms with van der Waals surface area (Å²) in [5.74, 6) is 0.894. The van der Waals surface area contributed by atoms with Crippen LogP contribution in [0.4, 0.5) is 0 Å². The molecule has 0 N–H and O–H groups in total. The minimum absolute atomic E-state index is 0.0700. The lowest BCUT2D eigenvalue weighted by Crippen LogP contribution is -2.52. The number of rotatable bonds is 2. The fraction of sp³-hybridized carbons (Fsp3) is 0.550. The number of hydrogen-bond donors (Lipinski definition) is 0. The van der Waals surface area contributed by atoms with Gasteiger partial charge in [-0.25, -0.2) is 8.42 Å². The van der Waals surface area contributed by atoms with E-state index in [9.17, 15) is 13.2 Å². The standard InChI is InChI=1S/C20H26N2O4S/c1-13-4-5-17-15(3)19(26-18(17)14(13)2)20(23)22-9-7-21(8-10-22)16-6-11-27(24,25)12-16/h4-5,16H,6-12H2,1-3H3/t16-/m1/s1. The zero-order valence-corrected chi connectivity index (χ0v) is 16.9. The van der Waals surface area contributed by atoms with Gasteiger partial charge in [-0.15, -0.1) is 0 Å². The van der Waals surface area contributed by atoms with Crippen LogP contribution in [0.25, 0.3) is 11.0 Å². The van der Waals surface area contributed by atoms with Crippen molar-refractivity contribution in [1.82, 2.24) is 9.80 Å². The number of fused-ring (bicyclic) bond motifs is 1. The number of amides is 1. The van der Waals surface area contributed by atoms with Crippen molar-refractivity contribution in [2.75, 3.05) is 37.7 Å². The summed E-state index contributed by atoms with van der Waals surface area (Å²) in [5.41, 5.74) is 3.91. The second kappa shape index (κ2) is 6.63. The first kappa shape index (κ1) is 18.5. The molecule has 0 spiro atoms. The number of hydrogen-bond acceptors (Lipinski definition) is 5. The maximum atomic E-state index is 13.0. The molecule has 4 rings (SSSR count). The Morgan fingerprint density at radius 1 is 1.07 bits per heavy atom. The molecule has 0 unspecified atom stereocenters. The van der Waals surface area contributed by atoms with Crippen LogP contribution in [0.5, 0.6) is 0 Å². The lowest BCUT2D eigenvalue weighted by atomic mass is 10.0. The lowest BCUT2D eigenvalue weighted by Gasteiger charge is -2.37. The molecule has 1 aromatic carbocycles. The quantitative estimate of drug-likeness (QED) is 0.787. The Balaban J connectivity index is 1.49. The number of furan rings is 1. The molecule has 1 atom stereocenters. The molecule has 0 saturated carbocycles. The van der Waals surface area contributed by atoms with Gasteiger partial charge in [0.2, 0.25) is 0 Å². The number of benzene rings is 1. The average Bonchev–Trinajstić information content (AvgIpc) is 3.18. The van der Waals surface area contributed by atoms with E-state index in [1.807, 2.05) is 31.7 Å². The Hall–Kier alpha value is -1.86. The first-order valence-electron chi connectivity index (χ1n) is 9.50. The van der Waals surface area contributed by atoms with Crippen LogP contribution in [-0.2, 0) is 9.84 Å². The van der Waals surface area contributed by atoms with E-state index in [0.29, 0.717) is 38.4 Å². The molecular weight excluding hydrogens is 364 g/mol. The third-order valence-corrected chi connectivity index (χ3v) is 7.90. The molecule has 2 aliphatic rings. The largest absolute Gasteiger partial charge is 0.450 e. The number of nitrogens with zero attached hydrogens (tertiary/aromatic N) is 2. The van der Waals surface area contributed by atoms with E-state index in [-0.39, 0.29) is 23.5 Å². The second-order valence-corrected chi connectivity index (χ2v) is 10.1. The van der Waals surface area contributed by atoms with E-state index >= 15 is 0 Å². The zero-order chi connectivity index (χ0) is 19.3. The van der Waals surface area contributed by atoms with Crippen LogP contribution in [0, 0.1) is 20.8 Å². The maximum absolute atomic E-state index is 13.0.